The van der Waals surface area contributed by atoms with Gasteiger partial charge < -0.3 is 5.32 Å². The summed E-state index contributed by atoms with van der Waals surface area (Å²) >= 11 is 0. The number of nitrogens with zero attached hydrogens (tertiary/aromatic N) is 1. The molecule has 0 aromatic heterocycles. The first-order valence-electron chi connectivity index (χ1n) is 4.99. The predicted octanol–water partition coefficient (Wildman–Crippen LogP) is 3.10. The van der Waals surface area contributed by atoms with Gasteiger partial charge in [0.1, 0.15) is 6.04 Å². The zero-order chi connectivity index (χ0) is 10.4. The molecule has 14 heavy (non-hydrogen) atoms. The van der Waals surface area contributed by atoms with E-state index in [-0.39, 0.29) is 6.04 Å². The number of para-hydroxylation sites is 1. The third-order valence-corrected chi connectivity index (χ3v) is 2.21. The minimum atomic E-state index is -0.0684. The Labute approximate surface area is 85.6 Å². The maximum Gasteiger partial charge on any atom is 0.114 e. The summed E-state index contributed by atoms with van der Waals surface area (Å²) in [6.07, 6.45) is 1.92. The number of nitrogens with one attached hydrogen (secondary N) is 1. The van der Waals surface area contributed by atoms with Crippen molar-refractivity contribution in [2.75, 3.05) is 5.32 Å². The summed E-state index contributed by atoms with van der Waals surface area (Å²) in [6.45, 7) is 4.13. The van der Waals surface area contributed by atoms with Crippen LogP contribution in [-0.4, -0.2) is 6.04 Å². The molecule has 0 amide bonds. The molecule has 74 valence electrons. The molecule has 0 aliphatic carbocycles. The van der Waals surface area contributed by atoms with Crippen molar-refractivity contribution < 1.29 is 0 Å². The zero-order valence-corrected chi connectivity index (χ0v) is 8.75. The first-order chi connectivity index (χ1) is 6.77. The Bertz CT molecular complexity index is 325. The minimum Gasteiger partial charge on any atom is -0.370 e. The number of rotatable bonds is 4. The molecule has 0 radical (unpaired) electrons. The smallest absolute Gasteiger partial charge is 0.114 e. The van der Waals surface area contributed by atoms with Gasteiger partial charge in [-0.25, -0.2) is 0 Å². The molecule has 0 heterocycles. The highest BCUT2D eigenvalue weighted by Crippen LogP contribution is 2.15. The van der Waals surface area contributed by atoms with Crippen molar-refractivity contribution in [1.82, 2.24) is 0 Å². The highest BCUT2D eigenvalue weighted by atomic mass is 14.9. The van der Waals surface area contributed by atoms with Crippen molar-refractivity contribution in [2.45, 2.75) is 32.7 Å². The molecular formula is C12H16N2. The van der Waals surface area contributed by atoms with Crippen LogP contribution in [0.1, 0.15) is 25.3 Å². The van der Waals surface area contributed by atoms with Crippen LogP contribution >= 0.6 is 0 Å². The lowest BCUT2D eigenvalue weighted by atomic mass is 10.1. The normalized spacial score (nSPS) is 11.8. The Morgan fingerprint density at radius 3 is 2.71 bits per heavy atom. The second kappa shape index (κ2) is 5.29. The summed E-state index contributed by atoms with van der Waals surface area (Å²) in [4.78, 5) is 0. The fourth-order valence-electron chi connectivity index (χ4n) is 1.38. The molecule has 1 unspecified atom stereocenters. The Morgan fingerprint density at radius 1 is 1.43 bits per heavy atom. The molecule has 1 atom stereocenters. The van der Waals surface area contributed by atoms with Crippen molar-refractivity contribution in [1.29, 1.82) is 5.26 Å². The predicted molar refractivity (Wildman–Crippen MR) is 59.1 cm³/mol. The standard InChI is InChI=1S/C12H16N2/c1-3-6-11(9-13)14-12-8-5-4-7-10(12)2/h4-5,7-8,11,14H,3,6H2,1-2H3. The fraction of sp³-hybridized carbons (Fsp3) is 0.417. The van der Waals surface area contributed by atoms with Gasteiger partial charge in [0.05, 0.1) is 6.07 Å². The van der Waals surface area contributed by atoms with Crippen molar-refractivity contribution in [3.8, 4) is 6.07 Å². The number of anilines is 1. The van der Waals surface area contributed by atoms with Crippen LogP contribution < -0.4 is 5.32 Å². The third kappa shape index (κ3) is 2.77. The third-order valence-electron chi connectivity index (χ3n) is 2.21. The first-order valence-corrected chi connectivity index (χ1v) is 4.99. The van der Waals surface area contributed by atoms with Crippen LogP contribution in [0.5, 0.6) is 0 Å². The van der Waals surface area contributed by atoms with Crippen LogP contribution in [0.15, 0.2) is 24.3 Å². The fourth-order valence-corrected chi connectivity index (χ4v) is 1.38. The molecule has 0 aliphatic rings. The highest BCUT2D eigenvalue weighted by Gasteiger charge is 2.06. The van der Waals surface area contributed by atoms with Gasteiger partial charge in [-0.2, -0.15) is 5.26 Å². The molecule has 0 saturated carbocycles. The summed E-state index contributed by atoms with van der Waals surface area (Å²) in [5.41, 5.74) is 2.25. The van der Waals surface area contributed by atoms with Gasteiger partial charge in [-0.15, -0.1) is 0 Å². The van der Waals surface area contributed by atoms with Gasteiger partial charge in [0, 0.05) is 5.69 Å². The van der Waals surface area contributed by atoms with E-state index in [1.165, 1.54) is 5.56 Å². The van der Waals surface area contributed by atoms with Crippen LogP contribution in [-0.2, 0) is 0 Å². The average Bonchev–Trinajstić information content (AvgIpc) is 2.20. The Kier molecular flexibility index (Phi) is 4.00. The molecular weight excluding hydrogens is 172 g/mol. The van der Waals surface area contributed by atoms with E-state index in [2.05, 4.69) is 18.3 Å². The van der Waals surface area contributed by atoms with Crippen LogP contribution in [0.4, 0.5) is 5.69 Å². The number of aryl methyl sites for hydroxylation is 1. The van der Waals surface area contributed by atoms with Gasteiger partial charge in [-0.1, -0.05) is 31.5 Å². The molecule has 0 bridgehead atoms. The van der Waals surface area contributed by atoms with Crippen LogP contribution in [0, 0.1) is 18.3 Å². The second-order valence-electron chi connectivity index (χ2n) is 3.43. The van der Waals surface area contributed by atoms with Gasteiger partial charge in [0.15, 0.2) is 0 Å². The zero-order valence-electron chi connectivity index (χ0n) is 8.75. The van der Waals surface area contributed by atoms with Crippen molar-refractivity contribution in [2.24, 2.45) is 0 Å². The average molecular weight is 188 g/mol. The van der Waals surface area contributed by atoms with E-state index in [0.29, 0.717) is 0 Å². The quantitative estimate of drug-likeness (QED) is 0.788. The summed E-state index contributed by atoms with van der Waals surface area (Å²) in [6, 6.07) is 10.2. The van der Waals surface area contributed by atoms with E-state index in [4.69, 9.17) is 5.26 Å². The summed E-state index contributed by atoms with van der Waals surface area (Å²) in [5.74, 6) is 0. The number of nitriles is 1. The highest BCUT2D eigenvalue weighted by molar-refractivity contribution is 5.51. The van der Waals surface area contributed by atoms with E-state index in [0.717, 1.165) is 18.5 Å². The summed E-state index contributed by atoms with van der Waals surface area (Å²) in [5, 5.41) is 12.1. The number of benzene rings is 1. The minimum absolute atomic E-state index is 0.0684. The van der Waals surface area contributed by atoms with Crippen LogP contribution in [0.2, 0.25) is 0 Å². The van der Waals surface area contributed by atoms with Gasteiger partial charge in [-0.3, -0.25) is 0 Å². The van der Waals surface area contributed by atoms with E-state index in [1.807, 2.05) is 31.2 Å². The van der Waals surface area contributed by atoms with E-state index in [1.54, 1.807) is 0 Å². The maximum atomic E-state index is 8.90. The Balaban J connectivity index is 2.68. The molecule has 1 rings (SSSR count). The van der Waals surface area contributed by atoms with Crippen molar-refractivity contribution in [3.63, 3.8) is 0 Å². The van der Waals surface area contributed by atoms with Crippen molar-refractivity contribution >= 4 is 5.69 Å². The second-order valence-corrected chi connectivity index (χ2v) is 3.43. The van der Waals surface area contributed by atoms with Gasteiger partial charge in [-0.05, 0) is 25.0 Å². The first kappa shape index (κ1) is 10.6. The lowest BCUT2D eigenvalue weighted by Gasteiger charge is -2.13. The molecule has 0 aliphatic heterocycles. The van der Waals surface area contributed by atoms with Gasteiger partial charge >= 0.3 is 0 Å². The molecule has 2 heteroatoms. The molecule has 0 saturated heterocycles. The van der Waals surface area contributed by atoms with E-state index < -0.39 is 0 Å². The van der Waals surface area contributed by atoms with Gasteiger partial charge in [0.2, 0.25) is 0 Å². The topological polar surface area (TPSA) is 35.8 Å². The lowest BCUT2D eigenvalue weighted by Crippen LogP contribution is -2.17. The largest absolute Gasteiger partial charge is 0.370 e. The SMILES string of the molecule is CCCC(C#N)Nc1ccccc1C. The molecule has 0 spiro atoms. The van der Waals surface area contributed by atoms with Crippen LogP contribution in [0.3, 0.4) is 0 Å². The maximum absolute atomic E-state index is 8.90. The molecule has 0 fully saturated rings. The molecule has 1 aromatic rings. The van der Waals surface area contributed by atoms with Crippen molar-refractivity contribution in [3.05, 3.63) is 29.8 Å². The van der Waals surface area contributed by atoms with Crippen LogP contribution in [0.25, 0.3) is 0 Å². The molecule has 1 aromatic carbocycles. The summed E-state index contributed by atoms with van der Waals surface area (Å²) in [7, 11) is 0. The monoisotopic (exact) mass is 188 g/mol. The Morgan fingerprint density at radius 2 is 2.14 bits per heavy atom. The van der Waals surface area contributed by atoms with Gasteiger partial charge in [0.25, 0.3) is 0 Å². The number of hydrogen-bond donors (Lipinski definition) is 1. The Hall–Kier alpha value is -1.49. The molecule has 1 N–H and O–H groups in total. The number of hydrogen-bond acceptors (Lipinski definition) is 2. The van der Waals surface area contributed by atoms with E-state index in [9.17, 15) is 0 Å². The summed E-state index contributed by atoms with van der Waals surface area (Å²) < 4.78 is 0. The van der Waals surface area contributed by atoms with E-state index >= 15 is 0 Å². The lowest BCUT2D eigenvalue weighted by molar-refractivity contribution is 0.748. The molecule has 2 nitrogen and oxygen atoms in total.